The van der Waals surface area contributed by atoms with Crippen LogP contribution in [0.15, 0.2) is 0 Å². The van der Waals surface area contributed by atoms with Crippen LogP contribution in [0.4, 0.5) is 0 Å². The molecule has 0 unspecified atom stereocenters. The summed E-state index contributed by atoms with van der Waals surface area (Å²) in [5.74, 6) is -1.83. The van der Waals surface area contributed by atoms with Gasteiger partial charge in [0.15, 0.2) is 5.11 Å². The first-order chi connectivity index (χ1) is 8.99. The molecule has 1 saturated carbocycles. The maximum Gasteiger partial charge on any atom is 0.217 e. The van der Waals surface area contributed by atoms with E-state index in [2.05, 4.69) is 10.6 Å². The highest BCUT2D eigenvalue weighted by Crippen LogP contribution is 2.17. The maximum atomic E-state index is 10.9. The van der Waals surface area contributed by atoms with Crippen LogP contribution in [-0.4, -0.2) is 29.1 Å². The summed E-state index contributed by atoms with van der Waals surface area (Å²) < 4.78 is 0. The van der Waals surface area contributed by atoms with Crippen molar-refractivity contribution in [1.82, 2.24) is 10.6 Å². The van der Waals surface area contributed by atoms with Crippen molar-refractivity contribution in [3.05, 3.63) is 0 Å². The van der Waals surface area contributed by atoms with Gasteiger partial charge >= 0.3 is 0 Å². The van der Waals surface area contributed by atoms with Crippen molar-refractivity contribution < 1.29 is 14.7 Å². The summed E-state index contributed by atoms with van der Waals surface area (Å²) in [6.45, 7) is 0. The molecule has 7 heteroatoms. The number of carboxylic acid groups (broad SMARTS) is 1. The minimum atomic E-state index is -1.28. The van der Waals surface area contributed by atoms with Crippen molar-refractivity contribution in [2.45, 2.75) is 57.0 Å². The summed E-state index contributed by atoms with van der Waals surface area (Å²) in [5.41, 5.74) is 4.99. The van der Waals surface area contributed by atoms with E-state index in [1.165, 1.54) is 6.42 Å². The minimum absolute atomic E-state index is 0.0162. The molecule has 0 heterocycles. The van der Waals surface area contributed by atoms with E-state index in [0.29, 0.717) is 11.2 Å². The molecule has 19 heavy (non-hydrogen) atoms. The summed E-state index contributed by atoms with van der Waals surface area (Å²) in [7, 11) is 0. The zero-order valence-corrected chi connectivity index (χ0v) is 11.6. The van der Waals surface area contributed by atoms with Gasteiger partial charge in [0.1, 0.15) is 0 Å². The van der Waals surface area contributed by atoms with E-state index in [9.17, 15) is 14.7 Å². The summed E-state index contributed by atoms with van der Waals surface area (Å²) in [5, 5.41) is 17.0. The maximum absolute atomic E-state index is 10.9. The van der Waals surface area contributed by atoms with E-state index in [-0.39, 0.29) is 12.8 Å². The van der Waals surface area contributed by atoms with Gasteiger partial charge in [-0.25, -0.2) is 0 Å². The fourth-order valence-electron chi connectivity index (χ4n) is 2.17. The third-order valence-corrected chi connectivity index (χ3v) is 3.45. The van der Waals surface area contributed by atoms with Crippen LogP contribution in [0.3, 0.4) is 0 Å². The zero-order valence-electron chi connectivity index (χ0n) is 10.8. The zero-order chi connectivity index (χ0) is 14.3. The van der Waals surface area contributed by atoms with Gasteiger partial charge in [0, 0.05) is 12.5 Å². The number of hydrogen-bond acceptors (Lipinski definition) is 4. The molecule has 0 aliphatic heterocycles. The molecule has 6 nitrogen and oxygen atoms in total. The molecule has 108 valence electrons. The van der Waals surface area contributed by atoms with Crippen LogP contribution in [0.1, 0.15) is 44.9 Å². The van der Waals surface area contributed by atoms with Crippen LogP contribution in [0, 0.1) is 0 Å². The number of thiocarbonyl (C=S) groups is 1. The number of hydrogen-bond donors (Lipinski definition) is 3. The van der Waals surface area contributed by atoms with Crippen molar-refractivity contribution >= 4 is 29.2 Å². The van der Waals surface area contributed by atoms with E-state index in [1.54, 1.807) is 0 Å². The molecule has 1 fully saturated rings. The first-order valence-corrected chi connectivity index (χ1v) is 6.96. The quantitative estimate of drug-likeness (QED) is 0.550. The molecule has 0 radical (unpaired) electrons. The molecule has 0 aromatic carbocycles. The van der Waals surface area contributed by atoms with Crippen LogP contribution in [0.25, 0.3) is 0 Å². The highest BCUT2D eigenvalue weighted by Gasteiger charge is 2.17. The van der Waals surface area contributed by atoms with Gasteiger partial charge in [-0.05, 0) is 31.5 Å². The molecule has 0 saturated heterocycles. The molecule has 1 aliphatic carbocycles. The number of aliphatic carboxylic acids is 1. The van der Waals surface area contributed by atoms with Gasteiger partial charge in [-0.2, -0.15) is 0 Å². The van der Waals surface area contributed by atoms with Crippen LogP contribution < -0.4 is 21.5 Å². The second kappa shape index (κ2) is 7.93. The van der Waals surface area contributed by atoms with Gasteiger partial charge < -0.3 is 26.3 Å². The number of primary amides is 1. The number of carbonyl (C=O) groups excluding carboxylic acids is 2. The predicted octanol–water partition coefficient (Wildman–Crippen LogP) is -0.833. The van der Waals surface area contributed by atoms with Gasteiger partial charge in [0.25, 0.3) is 0 Å². The molecule has 0 spiro atoms. The van der Waals surface area contributed by atoms with E-state index in [4.69, 9.17) is 18.0 Å². The number of carbonyl (C=O) groups is 2. The molecule has 1 atom stereocenters. The van der Waals surface area contributed by atoms with Gasteiger partial charge in [-0.1, -0.05) is 19.3 Å². The van der Waals surface area contributed by atoms with Crippen molar-refractivity contribution in [1.29, 1.82) is 0 Å². The molecule has 1 rings (SSSR count). The second-order valence-electron chi connectivity index (χ2n) is 4.83. The standard InChI is InChI=1S/C12H21N3O3S/c13-10(16)7-6-9(11(17)18)15-12(19)14-8-4-2-1-3-5-8/h8-9H,1-7H2,(H2,13,16)(H,17,18)(H2,14,15,19)/p-1/t9-/m0/s1. The van der Waals surface area contributed by atoms with E-state index in [0.717, 1.165) is 25.7 Å². The van der Waals surface area contributed by atoms with Gasteiger partial charge in [0.2, 0.25) is 5.91 Å². The topological polar surface area (TPSA) is 107 Å². The van der Waals surface area contributed by atoms with E-state index < -0.39 is 17.9 Å². The minimum Gasteiger partial charge on any atom is -0.548 e. The Labute approximate surface area is 118 Å². The molecule has 1 aliphatic rings. The molecular weight excluding hydrogens is 266 g/mol. The number of nitrogens with one attached hydrogen (secondary N) is 2. The number of rotatable bonds is 6. The normalized spacial score (nSPS) is 17.5. The molecule has 1 amide bonds. The van der Waals surface area contributed by atoms with E-state index in [1.807, 2.05) is 0 Å². The lowest BCUT2D eigenvalue weighted by molar-refractivity contribution is -0.308. The third-order valence-electron chi connectivity index (χ3n) is 3.21. The Morgan fingerprint density at radius 2 is 1.95 bits per heavy atom. The number of nitrogens with two attached hydrogens (primary N) is 1. The first kappa shape index (κ1) is 15.7. The fourth-order valence-corrected chi connectivity index (χ4v) is 2.48. The number of amides is 1. The highest BCUT2D eigenvalue weighted by molar-refractivity contribution is 7.80. The Kier molecular flexibility index (Phi) is 6.55. The Morgan fingerprint density at radius 1 is 1.32 bits per heavy atom. The summed E-state index contributed by atoms with van der Waals surface area (Å²) in [6.07, 6.45) is 5.69. The molecule has 0 aromatic rings. The Bertz CT molecular complexity index is 343. The predicted molar refractivity (Wildman–Crippen MR) is 73.0 cm³/mol. The monoisotopic (exact) mass is 286 g/mol. The first-order valence-electron chi connectivity index (χ1n) is 6.55. The smallest absolute Gasteiger partial charge is 0.217 e. The lowest BCUT2D eigenvalue weighted by Crippen LogP contribution is -2.53. The van der Waals surface area contributed by atoms with Gasteiger partial charge in [-0.3, -0.25) is 4.79 Å². The fraction of sp³-hybridized carbons (Fsp3) is 0.750. The SMILES string of the molecule is NC(=O)CC[C@H](NC(=S)NC1CCCCC1)C(=O)[O-]. The van der Waals surface area contributed by atoms with Crippen LogP contribution >= 0.6 is 12.2 Å². The van der Waals surface area contributed by atoms with Crippen molar-refractivity contribution in [3.8, 4) is 0 Å². The Morgan fingerprint density at radius 3 is 2.47 bits per heavy atom. The lowest BCUT2D eigenvalue weighted by atomic mass is 9.96. The van der Waals surface area contributed by atoms with Crippen molar-refractivity contribution in [3.63, 3.8) is 0 Å². The largest absolute Gasteiger partial charge is 0.548 e. The average molecular weight is 286 g/mol. The third kappa shape index (κ3) is 6.37. The van der Waals surface area contributed by atoms with Gasteiger partial charge in [0.05, 0.1) is 12.0 Å². The number of carboxylic acids is 1. The summed E-state index contributed by atoms with van der Waals surface area (Å²) in [4.78, 5) is 21.6. The molecule has 4 N–H and O–H groups in total. The Balaban J connectivity index is 2.37. The molecule has 0 bridgehead atoms. The van der Waals surface area contributed by atoms with E-state index >= 15 is 0 Å². The van der Waals surface area contributed by atoms with Crippen LogP contribution in [0.2, 0.25) is 0 Å². The van der Waals surface area contributed by atoms with Crippen LogP contribution in [-0.2, 0) is 9.59 Å². The Hall–Kier alpha value is -1.37. The summed E-state index contributed by atoms with van der Waals surface area (Å²) >= 11 is 5.08. The van der Waals surface area contributed by atoms with Gasteiger partial charge in [-0.15, -0.1) is 0 Å². The van der Waals surface area contributed by atoms with Crippen molar-refractivity contribution in [2.24, 2.45) is 5.73 Å². The van der Waals surface area contributed by atoms with Crippen molar-refractivity contribution in [2.75, 3.05) is 0 Å². The highest BCUT2D eigenvalue weighted by atomic mass is 32.1. The lowest BCUT2D eigenvalue weighted by Gasteiger charge is -2.27. The second-order valence-corrected chi connectivity index (χ2v) is 5.24. The average Bonchev–Trinajstić information content (AvgIpc) is 2.35. The molecule has 0 aromatic heterocycles. The molecular formula is C12H20N3O3S-. The van der Waals surface area contributed by atoms with Crippen LogP contribution in [0.5, 0.6) is 0 Å². The summed E-state index contributed by atoms with van der Waals surface area (Å²) in [6, 6.07) is -0.691.